The number of nitrogens with zero attached hydrogens (tertiary/aromatic N) is 4. The first-order chi connectivity index (χ1) is 23.2. The van der Waals surface area contributed by atoms with Gasteiger partial charge in [-0.15, -0.1) is 0 Å². The number of carbonyl (C=O) groups is 3. The van der Waals surface area contributed by atoms with Crippen LogP contribution >= 0.6 is 11.7 Å². The van der Waals surface area contributed by atoms with Crippen LogP contribution in [0.4, 0.5) is 4.79 Å². The number of amides is 4. The Labute approximate surface area is 284 Å². The highest BCUT2D eigenvalue weighted by atomic mass is 32.1. The van der Waals surface area contributed by atoms with E-state index in [0.29, 0.717) is 25.3 Å². The van der Waals surface area contributed by atoms with Gasteiger partial charge < -0.3 is 30.1 Å². The maximum Gasteiger partial charge on any atom is 0.329 e. The van der Waals surface area contributed by atoms with Crippen LogP contribution < -0.4 is 16.1 Å². The smallest absolute Gasteiger partial charge is 0.329 e. The second-order valence-electron chi connectivity index (χ2n) is 11.2. The van der Waals surface area contributed by atoms with Crippen LogP contribution in [-0.2, 0) is 38.6 Å². The van der Waals surface area contributed by atoms with E-state index in [0.717, 1.165) is 33.9 Å². The minimum absolute atomic E-state index is 0.0837. The summed E-state index contributed by atoms with van der Waals surface area (Å²) in [5.74, 6) is -0.771. The zero-order valence-electron chi connectivity index (χ0n) is 27.6. The number of carbonyl (C=O) groups excluding carboxylic acids is 3. The highest BCUT2D eigenvalue weighted by molar-refractivity contribution is 7.00. The van der Waals surface area contributed by atoms with Crippen LogP contribution in [0.25, 0.3) is 11.0 Å². The third-order valence-corrected chi connectivity index (χ3v) is 8.06. The van der Waals surface area contributed by atoms with Crippen molar-refractivity contribution >= 4 is 40.6 Å². The van der Waals surface area contributed by atoms with E-state index >= 15 is 0 Å². The number of fused-ring (bicyclic) bond motifs is 1. The molecule has 13 nitrogen and oxygen atoms in total. The van der Waals surface area contributed by atoms with Gasteiger partial charge in [-0.3, -0.25) is 15.0 Å². The molecule has 0 saturated carbocycles. The molecule has 0 fully saturated rings. The SMILES string of the molecule is CCOC(OCC)C(C)N(Cc1cccc2nsnc12)C(=O)C(Cc1ccc(O)cc1)NC(=O)CN(C)NC(=O)NCc1ccccc1. The van der Waals surface area contributed by atoms with E-state index in [-0.39, 0.29) is 31.2 Å². The van der Waals surface area contributed by atoms with Gasteiger partial charge in [-0.25, -0.2) is 9.80 Å². The van der Waals surface area contributed by atoms with Crippen molar-refractivity contribution in [1.82, 2.24) is 34.7 Å². The summed E-state index contributed by atoms with van der Waals surface area (Å²) in [6.45, 7) is 6.54. The summed E-state index contributed by atoms with van der Waals surface area (Å²) < 4.78 is 20.6. The molecular formula is C34H43N7O6S. The summed E-state index contributed by atoms with van der Waals surface area (Å²) >= 11 is 1.09. The standard InChI is InChI=1S/C34H43N7O6S/c1-5-46-33(47-6-2)23(3)41(21-26-13-10-14-28-31(26)39-48-38-28)32(44)29(19-24-15-17-27(42)18-16-24)36-30(43)22-40(4)37-34(45)35-20-25-11-8-7-9-12-25/h7-18,23,29,33,42H,5-6,19-22H2,1-4H3,(H,36,43)(H2,35,37,45). The molecule has 256 valence electrons. The monoisotopic (exact) mass is 677 g/mol. The number of hydrogen-bond donors (Lipinski definition) is 4. The van der Waals surface area contributed by atoms with Gasteiger partial charge in [0.1, 0.15) is 22.8 Å². The van der Waals surface area contributed by atoms with Gasteiger partial charge in [-0.05, 0) is 50.1 Å². The zero-order valence-corrected chi connectivity index (χ0v) is 28.4. The summed E-state index contributed by atoms with van der Waals surface area (Å²) in [7, 11) is 1.56. The van der Waals surface area contributed by atoms with Crippen LogP contribution in [0.2, 0.25) is 0 Å². The first-order valence-corrected chi connectivity index (χ1v) is 16.5. The molecule has 0 radical (unpaired) electrons. The molecule has 4 rings (SSSR count). The second-order valence-corrected chi connectivity index (χ2v) is 11.7. The fourth-order valence-corrected chi connectivity index (χ4v) is 5.72. The van der Waals surface area contributed by atoms with Crippen molar-refractivity contribution in [2.75, 3.05) is 26.8 Å². The van der Waals surface area contributed by atoms with E-state index in [1.54, 1.807) is 24.1 Å². The Morgan fingerprint density at radius 2 is 1.62 bits per heavy atom. The molecule has 2 unspecified atom stereocenters. The predicted molar refractivity (Wildman–Crippen MR) is 183 cm³/mol. The minimum Gasteiger partial charge on any atom is -0.508 e. The van der Waals surface area contributed by atoms with Crippen molar-refractivity contribution < 1.29 is 29.0 Å². The third kappa shape index (κ3) is 10.4. The van der Waals surface area contributed by atoms with Crippen molar-refractivity contribution in [3.05, 3.63) is 89.5 Å². The van der Waals surface area contributed by atoms with Gasteiger partial charge in [0.15, 0.2) is 6.29 Å². The molecule has 1 heterocycles. The van der Waals surface area contributed by atoms with Crippen LogP contribution in [-0.4, -0.2) is 86.8 Å². The summed E-state index contributed by atoms with van der Waals surface area (Å²) in [5.41, 5.74) is 6.48. The lowest BCUT2D eigenvalue weighted by Gasteiger charge is -2.36. The second kappa shape index (κ2) is 18.1. The summed E-state index contributed by atoms with van der Waals surface area (Å²) in [6, 6.07) is 19.5. The van der Waals surface area contributed by atoms with Crippen molar-refractivity contribution in [1.29, 1.82) is 0 Å². The molecule has 14 heteroatoms. The topological polar surface area (TPSA) is 158 Å². The summed E-state index contributed by atoms with van der Waals surface area (Å²) in [6.07, 6.45) is -0.592. The molecule has 3 aromatic carbocycles. The van der Waals surface area contributed by atoms with Gasteiger partial charge in [0, 0.05) is 45.3 Å². The highest BCUT2D eigenvalue weighted by Crippen LogP contribution is 2.23. The van der Waals surface area contributed by atoms with E-state index in [2.05, 4.69) is 24.8 Å². The molecule has 48 heavy (non-hydrogen) atoms. The lowest BCUT2D eigenvalue weighted by molar-refractivity contribution is -0.179. The Bertz CT molecular complexity index is 1620. The number of benzene rings is 3. The minimum atomic E-state index is -1.01. The third-order valence-electron chi connectivity index (χ3n) is 7.52. The van der Waals surface area contributed by atoms with Crippen LogP contribution in [0.15, 0.2) is 72.8 Å². The summed E-state index contributed by atoms with van der Waals surface area (Å²) in [4.78, 5) is 42.1. The van der Waals surface area contributed by atoms with Gasteiger partial charge in [0.05, 0.1) is 24.3 Å². The van der Waals surface area contributed by atoms with Crippen LogP contribution in [0, 0.1) is 0 Å². The van der Waals surface area contributed by atoms with Crippen molar-refractivity contribution in [2.24, 2.45) is 0 Å². The van der Waals surface area contributed by atoms with Crippen molar-refractivity contribution in [3.63, 3.8) is 0 Å². The largest absolute Gasteiger partial charge is 0.508 e. The van der Waals surface area contributed by atoms with Crippen LogP contribution in [0.5, 0.6) is 5.75 Å². The molecular weight excluding hydrogens is 634 g/mol. The van der Waals surface area contributed by atoms with E-state index in [1.807, 2.05) is 69.3 Å². The molecule has 0 aliphatic rings. The lowest BCUT2D eigenvalue weighted by Crippen LogP contribution is -2.56. The van der Waals surface area contributed by atoms with Gasteiger partial charge >= 0.3 is 6.03 Å². The Morgan fingerprint density at radius 1 is 0.917 bits per heavy atom. The number of urea groups is 1. The number of hydrazine groups is 1. The molecule has 0 aliphatic heterocycles. The van der Waals surface area contributed by atoms with Gasteiger partial charge in [-0.2, -0.15) is 8.75 Å². The predicted octanol–water partition coefficient (Wildman–Crippen LogP) is 3.59. The maximum absolute atomic E-state index is 14.6. The number of rotatable bonds is 17. The first-order valence-electron chi connectivity index (χ1n) is 15.8. The van der Waals surface area contributed by atoms with E-state index in [4.69, 9.17) is 9.47 Å². The molecule has 0 aliphatic carbocycles. The molecule has 4 amide bonds. The quantitative estimate of drug-likeness (QED) is 0.0969. The van der Waals surface area contributed by atoms with Gasteiger partial charge in [0.25, 0.3) is 0 Å². The van der Waals surface area contributed by atoms with Crippen molar-refractivity contribution in [2.45, 2.75) is 58.7 Å². The molecule has 0 spiro atoms. The Morgan fingerprint density at radius 3 is 2.31 bits per heavy atom. The number of phenolic OH excluding ortho intramolecular Hbond substituents is 1. The average molecular weight is 678 g/mol. The first kappa shape index (κ1) is 36.2. The Kier molecular flexibility index (Phi) is 13.6. The van der Waals surface area contributed by atoms with E-state index in [9.17, 15) is 19.5 Å². The fourth-order valence-electron chi connectivity index (χ4n) is 5.15. The number of likely N-dealkylation sites (N-methyl/N-ethyl adjacent to an activating group) is 1. The van der Waals surface area contributed by atoms with Crippen molar-refractivity contribution in [3.8, 4) is 5.75 Å². The molecule has 0 bridgehead atoms. The number of hydrogen-bond acceptors (Lipinski definition) is 10. The Balaban J connectivity index is 1.55. The Hall–Kier alpha value is -4.63. The number of nitrogens with one attached hydrogen (secondary N) is 3. The fraction of sp³-hybridized carbons (Fsp3) is 0.382. The molecule has 2 atom stereocenters. The normalized spacial score (nSPS) is 12.5. The van der Waals surface area contributed by atoms with Gasteiger partial charge in [-0.1, -0.05) is 54.6 Å². The zero-order chi connectivity index (χ0) is 34.5. The van der Waals surface area contributed by atoms with E-state index in [1.165, 1.54) is 17.1 Å². The van der Waals surface area contributed by atoms with Crippen LogP contribution in [0.1, 0.15) is 37.5 Å². The number of aromatic nitrogens is 2. The molecule has 4 N–H and O–H groups in total. The van der Waals surface area contributed by atoms with E-state index < -0.39 is 30.3 Å². The van der Waals surface area contributed by atoms with Gasteiger partial charge in [0.2, 0.25) is 11.8 Å². The molecule has 4 aromatic rings. The number of aromatic hydroxyl groups is 1. The maximum atomic E-state index is 14.6. The average Bonchev–Trinajstić information content (AvgIpc) is 3.56. The molecule has 1 aromatic heterocycles. The highest BCUT2D eigenvalue weighted by Gasteiger charge is 2.34. The lowest BCUT2D eigenvalue weighted by atomic mass is 10.0. The number of ether oxygens (including phenoxy) is 2. The summed E-state index contributed by atoms with van der Waals surface area (Å²) in [5, 5.41) is 16.8. The molecule has 0 saturated heterocycles. The van der Waals surface area contributed by atoms with Crippen LogP contribution in [0.3, 0.4) is 0 Å². The number of phenols is 1.